The highest BCUT2D eigenvalue weighted by atomic mass is 19.1. The minimum absolute atomic E-state index is 0.00432. The van der Waals surface area contributed by atoms with Crippen LogP contribution in [0.25, 0.3) is 11.1 Å². The smallest absolute Gasteiger partial charge is 0.271 e. The zero-order valence-electron chi connectivity index (χ0n) is 15.5. The maximum absolute atomic E-state index is 13.1. The molecule has 0 bridgehead atoms. The first-order valence-corrected chi connectivity index (χ1v) is 8.64. The van der Waals surface area contributed by atoms with E-state index < -0.39 is 5.56 Å². The summed E-state index contributed by atoms with van der Waals surface area (Å²) < 4.78 is 13.1. The third-order valence-electron chi connectivity index (χ3n) is 4.34. The van der Waals surface area contributed by atoms with Gasteiger partial charge in [0.05, 0.1) is 0 Å². The largest absolute Gasteiger partial charge is 0.327 e. The predicted molar refractivity (Wildman–Crippen MR) is 106 cm³/mol. The van der Waals surface area contributed by atoms with Crippen LogP contribution < -0.4 is 10.9 Å². The molecule has 0 unspecified atom stereocenters. The number of anilines is 1. The van der Waals surface area contributed by atoms with Crippen molar-refractivity contribution >= 4 is 11.6 Å². The Hall–Kier alpha value is -3.21. The van der Waals surface area contributed by atoms with E-state index in [4.69, 9.17) is 0 Å². The van der Waals surface area contributed by atoms with Crippen LogP contribution >= 0.6 is 0 Å². The zero-order valence-corrected chi connectivity index (χ0v) is 15.5. The van der Waals surface area contributed by atoms with E-state index in [2.05, 4.69) is 31.1 Å². The molecule has 0 fully saturated rings. The van der Waals surface area contributed by atoms with Crippen molar-refractivity contribution in [1.82, 2.24) is 4.98 Å². The minimum Gasteiger partial charge on any atom is -0.327 e. The van der Waals surface area contributed by atoms with Gasteiger partial charge in [-0.05, 0) is 46.9 Å². The Morgan fingerprint density at radius 3 is 2.19 bits per heavy atom. The number of pyridine rings is 1. The number of benzene rings is 2. The standard InChI is InChI=1S/C22H21FN2O2/c1-22(2,3)17-8-4-15(5-9-17)20(26)25-19-12-16(13-24-21(19)27)14-6-10-18(23)11-7-14/h4-13H,1-3H3,(H,24,27)(H,25,26). The molecule has 0 radical (unpaired) electrons. The summed E-state index contributed by atoms with van der Waals surface area (Å²) in [5.74, 6) is -0.701. The van der Waals surface area contributed by atoms with Gasteiger partial charge >= 0.3 is 0 Å². The number of carbonyl (C=O) groups is 1. The summed E-state index contributed by atoms with van der Waals surface area (Å²) in [5, 5.41) is 2.65. The Balaban J connectivity index is 1.84. The molecule has 1 heterocycles. The van der Waals surface area contributed by atoms with E-state index in [0.717, 1.165) is 11.1 Å². The van der Waals surface area contributed by atoms with Crippen LogP contribution in [-0.4, -0.2) is 10.9 Å². The fourth-order valence-corrected chi connectivity index (χ4v) is 2.70. The Kier molecular flexibility index (Phi) is 4.95. The van der Waals surface area contributed by atoms with Crippen molar-refractivity contribution in [2.24, 2.45) is 0 Å². The van der Waals surface area contributed by atoms with E-state index in [-0.39, 0.29) is 22.8 Å². The van der Waals surface area contributed by atoms with Crippen LogP contribution in [0.3, 0.4) is 0 Å². The van der Waals surface area contributed by atoms with E-state index in [0.29, 0.717) is 11.1 Å². The molecule has 0 aliphatic carbocycles. The highest BCUT2D eigenvalue weighted by Gasteiger charge is 2.15. The third kappa shape index (κ3) is 4.31. The van der Waals surface area contributed by atoms with Gasteiger partial charge in [0.2, 0.25) is 0 Å². The maximum atomic E-state index is 13.1. The molecule has 3 aromatic rings. The number of halogens is 1. The van der Waals surface area contributed by atoms with E-state index in [1.54, 1.807) is 30.3 Å². The molecule has 0 aliphatic heterocycles. The molecule has 1 aromatic heterocycles. The Labute approximate surface area is 157 Å². The molecule has 4 nitrogen and oxygen atoms in total. The van der Waals surface area contributed by atoms with Crippen LogP contribution in [0.4, 0.5) is 10.1 Å². The summed E-state index contributed by atoms with van der Waals surface area (Å²) in [4.78, 5) is 27.2. The number of carbonyl (C=O) groups excluding carboxylic acids is 1. The lowest BCUT2D eigenvalue weighted by atomic mass is 9.87. The maximum Gasteiger partial charge on any atom is 0.271 e. The SMILES string of the molecule is CC(C)(C)c1ccc(C(=O)Nc2cc(-c3ccc(F)cc3)c[nH]c2=O)cc1. The van der Waals surface area contributed by atoms with Crippen LogP contribution in [-0.2, 0) is 5.41 Å². The van der Waals surface area contributed by atoms with Crippen molar-refractivity contribution < 1.29 is 9.18 Å². The fraction of sp³-hybridized carbons (Fsp3) is 0.182. The predicted octanol–water partition coefficient (Wildman–Crippen LogP) is 4.73. The number of aromatic nitrogens is 1. The number of hydrogen-bond donors (Lipinski definition) is 2. The summed E-state index contributed by atoms with van der Waals surface area (Å²) in [6.45, 7) is 6.30. The first kappa shape index (κ1) is 18.6. The van der Waals surface area contributed by atoms with Gasteiger partial charge < -0.3 is 10.3 Å². The molecule has 5 heteroatoms. The second-order valence-corrected chi connectivity index (χ2v) is 7.42. The quantitative estimate of drug-likeness (QED) is 0.706. The highest BCUT2D eigenvalue weighted by molar-refractivity contribution is 6.04. The molecule has 0 atom stereocenters. The highest BCUT2D eigenvalue weighted by Crippen LogP contribution is 2.23. The summed E-state index contributed by atoms with van der Waals surface area (Å²) in [7, 11) is 0. The van der Waals surface area contributed by atoms with E-state index in [1.807, 2.05) is 12.1 Å². The third-order valence-corrected chi connectivity index (χ3v) is 4.34. The zero-order chi connectivity index (χ0) is 19.6. The van der Waals surface area contributed by atoms with Crippen molar-refractivity contribution in [3.05, 3.63) is 88.1 Å². The lowest BCUT2D eigenvalue weighted by Crippen LogP contribution is -2.20. The van der Waals surface area contributed by atoms with Gasteiger partial charge in [0.1, 0.15) is 11.5 Å². The van der Waals surface area contributed by atoms with Gasteiger partial charge in [-0.3, -0.25) is 9.59 Å². The van der Waals surface area contributed by atoms with Gasteiger partial charge in [-0.2, -0.15) is 0 Å². The van der Waals surface area contributed by atoms with Crippen LogP contribution in [0.5, 0.6) is 0 Å². The average Bonchev–Trinajstić information content (AvgIpc) is 2.63. The van der Waals surface area contributed by atoms with Gasteiger partial charge in [0.15, 0.2) is 0 Å². The van der Waals surface area contributed by atoms with E-state index >= 15 is 0 Å². The molecular weight excluding hydrogens is 343 g/mol. The van der Waals surface area contributed by atoms with Crippen LogP contribution in [0.1, 0.15) is 36.7 Å². The molecule has 2 N–H and O–H groups in total. The molecule has 0 saturated heterocycles. The summed E-state index contributed by atoms with van der Waals surface area (Å²) in [5.41, 5.74) is 2.73. The molecule has 2 aromatic carbocycles. The number of hydrogen-bond acceptors (Lipinski definition) is 2. The monoisotopic (exact) mass is 364 g/mol. The van der Waals surface area contributed by atoms with E-state index in [9.17, 15) is 14.0 Å². The van der Waals surface area contributed by atoms with Crippen LogP contribution in [0.2, 0.25) is 0 Å². The Bertz CT molecular complexity index is 1010. The van der Waals surface area contributed by atoms with Crippen molar-refractivity contribution in [3.63, 3.8) is 0 Å². The minimum atomic E-state index is -0.402. The number of amides is 1. The van der Waals surface area contributed by atoms with Crippen molar-refractivity contribution in [2.75, 3.05) is 5.32 Å². The van der Waals surface area contributed by atoms with E-state index in [1.165, 1.54) is 18.3 Å². The van der Waals surface area contributed by atoms with Gasteiger partial charge in [-0.1, -0.05) is 45.0 Å². The molecule has 138 valence electrons. The number of H-pyrrole nitrogens is 1. The topological polar surface area (TPSA) is 62.0 Å². The normalized spacial score (nSPS) is 11.3. The van der Waals surface area contributed by atoms with Gasteiger partial charge in [0, 0.05) is 17.3 Å². The fourth-order valence-electron chi connectivity index (χ4n) is 2.70. The first-order chi connectivity index (χ1) is 12.7. The molecule has 0 saturated carbocycles. The molecule has 1 amide bonds. The molecule has 0 aliphatic rings. The average molecular weight is 364 g/mol. The molecular formula is C22H21FN2O2. The summed E-state index contributed by atoms with van der Waals surface area (Å²) >= 11 is 0. The molecule has 0 spiro atoms. The molecule has 3 rings (SSSR count). The van der Waals surface area contributed by atoms with Gasteiger partial charge in [0.25, 0.3) is 11.5 Å². The van der Waals surface area contributed by atoms with Gasteiger partial charge in [-0.15, -0.1) is 0 Å². The van der Waals surface area contributed by atoms with Gasteiger partial charge in [-0.25, -0.2) is 4.39 Å². The summed E-state index contributed by atoms with van der Waals surface area (Å²) in [6.07, 6.45) is 1.53. The number of aromatic amines is 1. The van der Waals surface area contributed by atoms with Crippen molar-refractivity contribution in [2.45, 2.75) is 26.2 Å². The second-order valence-electron chi connectivity index (χ2n) is 7.42. The Morgan fingerprint density at radius 2 is 1.59 bits per heavy atom. The van der Waals surface area contributed by atoms with Crippen LogP contribution in [0.15, 0.2) is 65.6 Å². The lowest BCUT2D eigenvalue weighted by Gasteiger charge is -2.19. The lowest BCUT2D eigenvalue weighted by molar-refractivity contribution is 0.102. The first-order valence-electron chi connectivity index (χ1n) is 8.64. The number of rotatable bonds is 3. The van der Waals surface area contributed by atoms with Crippen molar-refractivity contribution in [3.8, 4) is 11.1 Å². The number of nitrogens with one attached hydrogen (secondary N) is 2. The van der Waals surface area contributed by atoms with Crippen molar-refractivity contribution in [1.29, 1.82) is 0 Å². The summed E-state index contributed by atoms with van der Waals surface area (Å²) in [6, 6.07) is 14.8. The van der Waals surface area contributed by atoms with Crippen LogP contribution in [0, 0.1) is 5.82 Å². The Morgan fingerprint density at radius 1 is 0.963 bits per heavy atom. The molecule has 27 heavy (non-hydrogen) atoms. The second kappa shape index (κ2) is 7.19.